The Bertz CT molecular complexity index is 676. The van der Waals surface area contributed by atoms with Crippen molar-refractivity contribution in [3.63, 3.8) is 0 Å². The first-order valence-electron chi connectivity index (χ1n) is 6.56. The topological polar surface area (TPSA) is 39.1 Å². The van der Waals surface area contributed by atoms with Crippen LogP contribution in [0.15, 0.2) is 42.5 Å². The molecular weight excluding hydrogens is 253 g/mol. The van der Waals surface area contributed by atoms with Crippen molar-refractivity contribution in [3.05, 3.63) is 59.4 Å². The fourth-order valence-corrected chi connectivity index (χ4v) is 2.56. The van der Waals surface area contributed by atoms with Crippen LogP contribution in [0.25, 0.3) is 0 Å². The predicted octanol–water partition coefficient (Wildman–Crippen LogP) is 2.94. The minimum atomic E-state index is -0.473. The van der Waals surface area contributed by atoms with E-state index in [-0.39, 0.29) is 5.56 Å². The van der Waals surface area contributed by atoms with E-state index in [0.29, 0.717) is 12.2 Å². The van der Waals surface area contributed by atoms with Gasteiger partial charge in [-0.3, -0.25) is 0 Å². The fourth-order valence-electron chi connectivity index (χ4n) is 2.56. The van der Waals surface area contributed by atoms with Crippen molar-refractivity contribution in [1.29, 1.82) is 5.26 Å². The molecule has 0 fully saturated rings. The van der Waals surface area contributed by atoms with Gasteiger partial charge in [0.15, 0.2) is 0 Å². The lowest BCUT2D eigenvalue weighted by Crippen LogP contribution is -2.25. The number of para-hydroxylation sites is 1. The highest BCUT2D eigenvalue weighted by Gasteiger charge is 2.20. The number of nitrogens with one attached hydrogen (secondary N) is 1. The molecule has 0 saturated carbocycles. The van der Waals surface area contributed by atoms with Crippen LogP contribution < -0.4 is 10.2 Å². The van der Waals surface area contributed by atoms with Gasteiger partial charge in [0, 0.05) is 25.3 Å². The maximum absolute atomic E-state index is 13.8. The number of hydrogen-bond donors (Lipinski definition) is 1. The Hall–Kier alpha value is -2.38. The number of fused-ring (bicyclic) bond motifs is 1. The van der Waals surface area contributed by atoms with E-state index in [1.165, 1.54) is 6.07 Å². The molecule has 0 atom stereocenters. The van der Waals surface area contributed by atoms with Gasteiger partial charge in [-0.25, -0.2) is 4.39 Å². The largest absolute Gasteiger partial charge is 0.339 e. The summed E-state index contributed by atoms with van der Waals surface area (Å²) in [6.45, 7) is 2.27. The van der Waals surface area contributed by atoms with Gasteiger partial charge < -0.3 is 10.2 Å². The zero-order valence-electron chi connectivity index (χ0n) is 10.9. The molecule has 3 nitrogen and oxygen atoms in total. The molecule has 0 amide bonds. The molecule has 2 aromatic rings. The van der Waals surface area contributed by atoms with E-state index < -0.39 is 5.82 Å². The van der Waals surface area contributed by atoms with Crippen LogP contribution in [0.5, 0.6) is 0 Å². The second-order valence-corrected chi connectivity index (χ2v) is 4.70. The highest BCUT2D eigenvalue weighted by molar-refractivity contribution is 5.72. The summed E-state index contributed by atoms with van der Waals surface area (Å²) in [5.74, 6) is -0.473. The molecule has 1 aliphatic rings. The molecule has 0 saturated heterocycles. The van der Waals surface area contributed by atoms with E-state index in [9.17, 15) is 9.65 Å². The van der Waals surface area contributed by atoms with Gasteiger partial charge in [-0.2, -0.15) is 5.26 Å². The van der Waals surface area contributed by atoms with Gasteiger partial charge in [0.25, 0.3) is 0 Å². The molecule has 1 heterocycles. The average Bonchev–Trinajstić information content (AvgIpc) is 2.69. The zero-order valence-corrected chi connectivity index (χ0v) is 10.9. The summed E-state index contributed by atoms with van der Waals surface area (Å²) in [4.78, 5) is 2.01. The monoisotopic (exact) mass is 267 g/mol. The summed E-state index contributed by atoms with van der Waals surface area (Å²) in [6, 6.07) is 14.7. The third kappa shape index (κ3) is 2.13. The molecule has 0 aliphatic carbocycles. The lowest BCUT2D eigenvalue weighted by molar-refractivity contribution is 0.623. The number of halogens is 1. The lowest BCUT2D eigenvalue weighted by Gasteiger charge is -2.25. The van der Waals surface area contributed by atoms with Gasteiger partial charge in [0.2, 0.25) is 0 Å². The molecule has 0 spiro atoms. The normalized spacial score (nSPS) is 14.3. The number of rotatable bonds is 1. The molecule has 3 rings (SSSR count). The minimum absolute atomic E-state index is 0.101. The van der Waals surface area contributed by atoms with E-state index >= 15 is 0 Å². The molecule has 0 aromatic heterocycles. The van der Waals surface area contributed by atoms with Crippen LogP contribution in [0, 0.1) is 17.1 Å². The molecule has 20 heavy (non-hydrogen) atoms. The van der Waals surface area contributed by atoms with Gasteiger partial charge >= 0.3 is 0 Å². The summed E-state index contributed by atoms with van der Waals surface area (Å²) in [5, 5.41) is 12.6. The number of hydrogen-bond acceptors (Lipinski definition) is 3. The second-order valence-electron chi connectivity index (χ2n) is 4.70. The molecule has 0 unspecified atom stereocenters. The van der Waals surface area contributed by atoms with Crippen LogP contribution in [-0.4, -0.2) is 13.1 Å². The second kappa shape index (κ2) is 5.32. The van der Waals surface area contributed by atoms with Crippen LogP contribution in [0.2, 0.25) is 0 Å². The van der Waals surface area contributed by atoms with Crippen molar-refractivity contribution in [2.45, 2.75) is 6.54 Å². The number of anilines is 2. The molecular formula is C16H14FN3. The summed E-state index contributed by atoms with van der Waals surface area (Å²) in [7, 11) is 0. The Morgan fingerprint density at radius 1 is 1.10 bits per heavy atom. The molecule has 1 N–H and O–H groups in total. The van der Waals surface area contributed by atoms with Gasteiger partial charge in [-0.15, -0.1) is 0 Å². The third-order valence-electron chi connectivity index (χ3n) is 3.50. The van der Waals surface area contributed by atoms with Crippen molar-refractivity contribution < 1.29 is 4.39 Å². The van der Waals surface area contributed by atoms with Gasteiger partial charge in [-0.1, -0.05) is 24.3 Å². The third-order valence-corrected chi connectivity index (χ3v) is 3.50. The Kier molecular flexibility index (Phi) is 3.36. The van der Waals surface area contributed by atoms with Crippen molar-refractivity contribution in [3.8, 4) is 6.07 Å². The Labute approximate surface area is 117 Å². The molecule has 100 valence electrons. The zero-order chi connectivity index (χ0) is 13.9. The first-order chi connectivity index (χ1) is 9.81. The number of benzene rings is 2. The first kappa shape index (κ1) is 12.6. The quantitative estimate of drug-likeness (QED) is 0.863. The van der Waals surface area contributed by atoms with Crippen LogP contribution in [-0.2, 0) is 6.54 Å². The Morgan fingerprint density at radius 3 is 2.75 bits per heavy atom. The van der Waals surface area contributed by atoms with Crippen molar-refractivity contribution in [2.24, 2.45) is 0 Å². The predicted molar refractivity (Wildman–Crippen MR) is 76.3 cm³/mol. The van der Waals surface area contributed by atoms with Crippen LogP contribution in [0.4, 0.5) is 15.8 Å². The standard InChI is InChI=1S/C16H14FN3/c17-14-5-3-7-16(13(14)10-18)20-9-8-19-11-12-4-1-2-6-15(12)20/h1-7,19H,8-9,11H2. The maximum atomic E-state index is 13.8. The fraction of sp³-hybridized carbons (Fsp3) is 0.188. The highest BCUT2D eigenvalue weighted by Crippen LogP contribution is 2.32. The van der Waals surface area contributed by atoms with Crippen LogP contribution >= 0.6 is 0 Å². The van der Waals surface area contributed by atoms with E-state index in [1.54, 1.807) is 12.1 Å². The van der Waals surface area contributed by atoms with Crippen molar-refractivity contribution in [2.75, 3.05) is 18.0 Å². The maximum Gasteiger partial charge on any atom is 0.143 e. The first-order valence-corrected chi connectivity index (χ1v) is 6.56. The smallest absolute Gasteiger partial charge is 0.143 e. The molecule has 0 radical (unpaired) electrons. The van der Waals surface area contributed by atoms with Gasteiger partial charge in [0.05, 0.1) is 5.69 Å². The van der Waals surface area contributed by atoms with E-state index in [2.05, 4.69) is 5.32 Å². The molecule has 0 bridgehead atoms. The summed E-state index contributed by atoms with van der Waals surface area (Å²) < 4.78 is 13.8. The van der Waals surface area contributed by atoms with E-state index in [1.807, 2.05) is 35.2 Å². The van der Waals surface area contributed by atoms with Crippen molar-refractivity contribution in [1.82, 2.24) is 5.32 Å². The van der Waals surface area contributed by atoms with Gasteiger partial charge in [-0.05, 0) is 23.8 Å². The molecule has 1 aliphatic heterocycles. The van der Waals surface area contributed by atoms with Crippen molar-refractivity contribution >= 4 is 11.4 Å². The Balaban J connectivity index is 2.16. The average molecular weight is 267 g/mol. The molecule has 2 aromatic carbocycles. The SMILES string of the molecule is N#Cc1c(F)cccc1N1CCNCc2ccccc21. The van der Waals surface area contributed by atoms with E-state index in [0.717, 1.165) is 24.3 Å². The summed E-state index contributed by atoms with van der Waals surface area (Å²) in [5.41, 5.74) is 2.91. The van der Waals surface area contributed by atoms with Gasteiger partial charge in [0.1, 0.15) is 17.4 Å². The number of nitrogens with zero attached hydrogens (tertiary/aromatic N) is 2. The van der Waals surface area contributed by atoms with E-state index in [4.69, 9.17) is 0 Å². The Morgan fingerprint density at radius 2 is 1.90 bits per heavy atom. The summed E-state index contributed by atoms with van der Waals surface area (Å²) in [6.07, 6.45) is 0. The molecule has 4 heteroatoms. The van der Waals surface area contributed by atoms with Crippen LogP contribution in [0.3, 0.4) is 0 Å². The van der Waals surface area contributed by atoms with Crippen LogP contribution in [0.1, 0.15) is 11.1 Å². The number of nitriles is 1. The lowest BCUT2D eigenvalue weighted by atomic mass is 10.1. The summed E-state index contributed by atoms with van der Waals surface area (Å²) >= 11 is 0. The highest BCUT2D eigenvalue weighted by atomic mass is 19.1. The minimum Gasteiger partial charge on any atom is -0.339 e.